The van der Waals surface area contributed by atoms with Crippen LogP contribution in [0.25, 0.3) is 16.8 Å². The van der Waals surface area contributed by atoms with E-state index in [9.17, 15) is 19.1 Å². The van der Waals surface area contributed by atoms with E-state index in [2.05, 4.69) is 15.0 Å². The Labute approximate surface area is 209 Å². The molecule has 2 aromatic heterocycles. The second-order valence-corrected chi connectivity index (χ2v) is 8.08. The van der Waals surface area contributed by atoms with Gasteiger partial charge in [0.25, 0.3) is 5.78 Å². The van der Waals surface area contributed by atoms with Crippen LogP contribution >= 0.6 is 0 Å². The van der Waals surface area contributed by atoms with Gasteiger partial charge in [0.05, 0.1) is 49.5 Å². The Kier molecular flexibility index (Phi) is 5.96. The molecule has 1 atom stereocenters. The summed E-state index contributed by atoms with van der Waals surface area (Å²) in [5.74, 6) is -2.13. The predicted molar refractivity (Wildman–Crippen MR) is 131 cm³/mol. The molecule has 3 heterocycles. The normalized spacial score (nSPS) is 16.9. The number of carbonyl (C=O) groups excluding carboxylic acids is 2. The van der Waals surface area contributed by atoms with Crippen LogP contribution in [0.5, 0.6) is 17.2 Å². The van der Waals surface area contributed by atoms with E-state index in [-0.39, 0.29) is 22.8 Å². The van der Waals surface area contributed by atoms with E-state index in [0.717, 1.165) is 17.0 Å². The van der Waals surface area contributed by atoms with Crippen molar-refractivity contribution in [3.63, 3.8) is 0 Å². The summed E-state index contributed by atoms with van der Waals surface area (Å²) in [6, 6.07) is 8.95. The Morgan fingerprint density at radius 3 is 2.43 bits per heavy atom. The largest absolute Gasteiger partial charge is 0.507 e. The van der Waals surface area contributed by atoms with Gasteiger partial charge in [0.15, 0.2) is 11.5 Å². The summed E-state index contributed by atoms with van der Waals surface area (Å²) >= 11 is 0. The lowest BCUT2D eigenvalue weighted by molar-refractivity contribution is -0.132. The number of aromatic amines is 1. The molecule has 10 nitrogen and oxygen atoms in total. The van der Waals surface area contributed by atoms with Crippen molar-refractivity contribution in [2.45, 2.75) is 6.04 Å². The van der Waals surface area contributed by atoms with Crippen LogP contribution in [0.15, 0.2) is 60.4 Å². The highest BCUT2D eigenvalue weighted by molar-refractivity contribution is 6.51. The number of aliphatic hydroxyl groups is 1. The molecule has 1 aliphatic rings. The first-order valence-electron chi connectivity index (χ1n) is 11.0. The van der Waals surface area contributed by atoms with E-state index in [4.69, 9.17) is 14.2 Å². The van der Waals surface area contributed by atoms with Gasteiger partial charge in [-0.15, -0.1) is 0 Å². The molecule has 1 fully saturated rings. The van der Waals surface area contributed by atoms with Gasteiger partial charge in [-0.3, -0.25) is 19.5 Å². The smallest absolute Gasteiger partial charge is 0.302 e. The molecule has 4 aromatic rings. The molecule has 1 saturated heterocycles. The van der Waals surface area contributed by atoms with Crippen molar-refractivity contribution in [3.8, 4) is 17.2 Å². The van der Waals surface area contributed by atoms with Crippen LogP contribution in [-0.4, -0.2) is 53.1 Å². The van der Waals surface area contributed by atoms with Gasteiger partial charge in [-0.25, -0.2) is 9.37 Å². The second-order valence-electron chi connectivity index (χ2n) is 8.08. The summed E-state index contributed by atoms with van der Waals surface area (Å²) in [6.07, 6.45) is 3.00. The summed E-state index contributed by atoms with van der Waals surface area (Å²) in [7, 11) is 4.32. The van der Waals surface area contributed by atoms with Crippen LogP contribution in [0.4, 0.5) is 10.3 Å². The van der Waals surface area contributed by atoms with Crippen molar-refractivity contribution in [1.82, 2.24) is 15.0 Å². The summed E-state index contributed by atoms with van der Waals surface area (Å²) < 4.78 is 30.0. The quantitative estimate of drug-likeness (QED) is 0.231. The molecular weight excluding hydrogens is 483 g/mol. The van der Waals surface area contributed by atoms with Crippen LogP contribution in [0.3, 0.4) is 0 Å². The van der Waals surface area contributed by atoms with E-state index in [1.165, 1.54) is 39.8 Å². The second kappa shape index (κ2) is 9.26. The summed E-state index contributed by atoms with van der Waals surface area (Å²) in [5, 5.41) is 11.3. The minimum absolute atomic E-state index is 0.0477. The number of nitrogens with one attached hydrogen (secondary N) is 1. The topological polar surface area (TPSA) is 127 Å². The van der Waals surface area contributed by atoms with Crippen molar-refractivity contribution in [2.24, 2.45) is 0 Å². The van der Waals surface area contributed by atoms with E-state index in [1.54, 1.807) is 24.3 Å². The number of ketones is 1. The SMILES string of the molecule is COc1cc2nc(N3C(=O)C(=O)/C(=C(/O)c4cc(F)ccc4OC)C3c3cccnc3)[nH]c2cc1OC. The fraction of sp³-hybridized carbons (Fsp3) is 0.154. The standard InChI is InChI=1S/C26H21FN4O6/c1-35-18-7-6-14(27)9-15(18)23(32)21-22(13-5-4-8-28-12-13)31(25(34)24(21)33)26-29-16-10-19(36-2)20(37-3)11-17(16)30-26/h4-12,22,32H,1-3H3,(H,29,30)/b23-21+. The zero-order valence-corrected chi connectivity index (χ0v) is 20.0. The fourth-order valence-corrected chi connectivity index (χ4v) is 4.35. The number of halogens is 1. The van der Waals surface area contributed by atoms with Crippen molar-refractivity contribution < 1.29 is 33.3 Å². The monoisotopic (exact) mass is 504 g/mol. The number of hydrogen-bond acceptors (Lipinski definition) is 8. The number of H-pyrrole nitrogens is 1. The average molecular weight is 504 g/mol. The molecule has 0 radical (unpaired) electrons. The molecule has 1 amide bonds. The van der Waals surface area contributed by atoms with Crippen molar-refractivity contribution in [2.75, 3.05) is 26.2 Å². The minimum Gasteiger partial charge on any atom is -0.507 e. The molecule has 11 heteroatoms. The van der Waals surface area contributed by atoms with E-state index in [0.29, 0.717) is 28.1 Å². The van der Waals surface area contributed by atoms with Crippen LogP contribution in [0, 0.1) is 5.82 Å². The lowest BCUT2D eigenvalue weighted by atomic mass is 9.96. The first-order chi connectivity index (χ1) is 17.9. The van der Waals surface area contributed by atoms with Crippen molar-refractivity contribution in [3.05, 3.63) is 77.4 Å². The third-order valence-corrected chi connectivity index (χ3v) is 6.06. The number of ether oxygens (including phenoxy) is 3. The van der Waals surface area contributed by atoms with Gasteiger partial charge in [-0.1, -0.05) is 6.07 Å². The summed E-state index contributed by atoms with van der Waals surface area (Å²) in [5.41, 5.74) is 1.05. The average Bonchev–Trinajstić information content (AvgIpc) is 3.45. The summed E-state index contributed by atoms with van der Waals surface area (Å²) in [4.78, 5) is 39.5. The lowest BCUT2D eigenvalue weighted by Crippen LogP contribution is -2.30. The third-order valence-electron chi connectivity index (χ3n) is 6.06. The van der Waals surface area contributed by atoms with E-state index < -0.39 is 29.3 Å². The zero-order valence-electron chi connectivity index (χ0n) is 20.0. The Morgan fingerprint density at radius 1 is 1.03 bits per heavy atom. The third kappa shape index (κ3) is 3.90. The van der Waals surface area contributed by atoms with Gasteiger partial charge in [0.2, 0.25) is 5.95 Å². The number of benzene rings is 2. The molecule has 0 bridgehead atoms. The fourth-order valence-electron chi connectivity index (χ4n) is 4.35. The zero-order chi connectivity index (χ0) is 26.3. The minimum atomic E-state index is -1.12. The highest BCUT2D eigenvalue weighted by Crippen LogP contribution is 2.43. The number of imidazole rings is 1. The first-order valence-corrected chi connectivity index (χ1v) is 11.0. The number of fused-ring (bicyclic) bond motifs is 1. The number of aliphatic hydroxyl groups excluding tert-OH is 1. The van der Waals surface area contributed by atoms with Crippen LogP contribution in [-0.2, 0) is 9.59 Å². The van der Waals surface area contributed by atoms with Crippen LogP contribution in [0.1, 0.15) is 17.2 Å². The van der Waals surface area contributed by atoms with Gasteiger partial charge >= 0.3 is 5.91 Å². The molecule has 2 N–H and O–H groups in total. The Balaban J connectivity index is 1.74. The first kappa shape index (κ1) is 23.8. The molecule has 1 aliphatic heterocycles. The highest BCUT2D eigenvalue weighted by atomic mass is 19.1. The number of aromatic nitrogens is 3. The molecule has 0 spiro atoms. The lowest BCUT2D eigenvalue weighted by Gasteiger charge is -2.22. The van der Waals surface area contributed by atoms with Gasteiger partial charge in [0.1, 0.15) is 17.3 Å². The van der Waals surface area contributed by atoms with E-state index in [1.807, 2.05) is 0 Å². The van der Waals surface area contributed by atoms with Gasteiger partial charge in [0, 0.05) is 24.5 Å². The molecule has 37 heavy (non-hydrogen) atoms. The number of carbonyl (C=O) groups is 2. The maximum atomic E-state index is 14.1. The number of amides is 1. The van der Waals surface area contributed by atoms with Gasteiger partial charge < -0.3 is 24.3 Å². The molecule has 188 valence electrons. The maximum absolute atomic E-state index is 14.1. The van der Waals surface area contributed by atoms with Gasteiger partial charge in [-0.05, 0) is 29.8 Å². The Morgan fingerprint density at radius 2 is 1.76 bits per heavy atom. The number of Topliss-reactive ketones (excluding diaryl/α,β-unsaturated/α-hetero) is 1. The maximum Gasteiger partial charge on any atom is 0.302 e. The van der Waals surface area contributed by atoms with Gasteiger partial charge in [-0.2, -0.15) is 0 Å². The molecule has 0 aliphatic carbocycles. The van der Waals surface area contributed by atoms with Crippen LogP contribution in [0.2, 0.25) is 0 Å². The molecule has 1 unspecified atom stereocenters. The van der Waals surface area contributed by atoms with Crippen molar-refractivity contribution in [1.29, 1.82) is 0 Å². The Hall–Kier alpha value is -4.93. The number of hydrogen-bond donors (Lipinski definition) is 2. The number of methoxy groups -OCH3 is 3. The number of nitrogens with zero attached hydrogens (tertiary/aromatic N) is 3. The highest BCUT2D eigenvalue weighted by Gasteiger charge is 2.48. The molecule has 0 saturated carbocycles. The number of rotatable bonds is 6. The summed E-state index contributed by atoms with van der Waals surface area (Å²) in [6.45, 7) is 0. The number of anilines is 1. The van der Waals surface area contributed by atoms with E-state index >= 15 is 0 Å². The Bertz CT molecular complexity index is 1530. The molecule has 2 aromatic carbocycles. The molecular formula is C26H21FN4O6. The molecule has 5 rings (SSSR count). The van der Waals surface area contributed by atoms with Crippen LogP contribution < -0.4 is 19.1 Å². The number of pyridine rings is 1. The van der Waals surface area contributed by atoms with Crippen molar-refractivity contribution >= 4 is 34.4 Å². The predicted octanol–water partition coefficient (Wildman–Crippen LogP) is 3.75.